The van der Waals surface area contributed by atoms with Gasteiger partial charge in [0.15, 0.2) is 0 Å². The van der Waals surface area contributed by atoms with Crippen LogP contribution in [0.5, 0.6) is 0 Å². The highest BCUT2D eigenvalue weighted by molar-refractivity contribution is 9.10. The Balaban J connectivity index is 2.27. The summed E-state index contributed by atoms with van der Waals surface area (Å²) < 4.78 is 15.8. The molecule has 2 aromatic rings. The average molecular weight is 283 g/mol. The minimum absolute atomic E-state index is 0.234. The standard InChI is InChI=1S/C12H12BrFN2/c13-12-6-10(14)4-3-9(12)8-16-5-1-2-11(16)7-15/h1-6H,7-8,15H2. The summed E-state index contributed by atoms with van der Waals surface area (Å²) in [7, 11) is 0. The second-order valence-corrected chi connectivity index (χ2v) is 4.42. The third-order valence-electron chi connectivity index (χ3n) is 2.49. The van der Waals surface area contributed by atoms with Crippen molar-refractivity contribution in [2.24, 2.45) is 5.73 Å². The van der Waals surface area contributed by atoms with Crippen LogP contribution >= 0.6 is 15.9 Å². The minimum Gasteiger partial charge on any atom is -0.346 e. The Labute approximate surface area is 102 Å². The molecule has 0 unspecified atom stereocenters. The summed E-state index contributed by atoms with van der Waals surface area (Å²) in [5.41, 5.74) is 7.72. The Hall–Kier alpha value is -1.13. The number of nitrogens with two attached hydrogens (primary N) is 1. The van der Waals surface area contributed by atoms with Gasteiger partial charge in [-0.3, -0.25) is 0 Å². The SMILES string of the molecule is NCc1cccn1Cc1ccc(F)cc1Br. The van der Waals surface area contributed by atoms with Crippen molar-refractivity contribution in [1.82, 2.24) is 4.57 Å². The van der Waals surface area contributed by atoms with Crippen LogP contribution in [-0.2, 0) is 13.1 Å². The maximum Gasteiger partial charge on any atom is 0.124 e. The first-order valence-electron chi connectivity index (χ1n) is 4.98. The van der Waals surface area contributed by atoms with E-state index in [9.17, 15) is 4.39 Å². The lowest BCUT2D eigenvalue weighted by Crippen LogP contribution is -2.07. The van der Waals surface area contributed by atoms with Crippen LogP contribution in [0.15, 0.2) is 41.0 Å². The number of nitrogens with zero attached hydrogens (tertiary/aromatic N) is 1. The lowest BCUT2D eigenvalue weighted by atomic mass is 10.2. The van der Waals surface area contributed by atoms with Gasteiger partial charge in [-0.05, 0) is 29.8 Å². The molecular formula is C12H12BrFN2. The van der Waals surface area contributed by atoms with Crippen molar-refractivity contribution >= 4 is 15.9 Å². The van der Waals surface area contributed by atoms with E-state index >= 15 is 0 Å². The summed E-state index contributed by atoms with van der Waals surface area (Å²) in [5.74, 6) is -0.234. The molecule has 16 heavy (non-hydrogen) atoms. The Morgan fingerprint density at radius 3 is 2.81 bits per heavy atom. The normalized spacial score (nSPS) is 10.7. The van der Waals surface area contributed by atoms with Crippen LogP contribution in [0.25, 0.3) is 0 Å². The Kier molecular flexibility index (Phi) is 3.41. The Morgan fingerprint density at radius 2 is 2.12 bits per heavy atom. The van der Waals surface area contributed by atoms with E-state index in [0.717, 1.165) is 15.7 Å². The van der Waals surface area contributed by atoms with Crippen molar-refractivity contribution in [2.45, 2.75) is 13.1 Å². The van der Waals surface area contributed by atoms with Crippen LogP contribution in [0.3, 0.4) is 0 Å². The molecule has 0 aliphatic carbocycles. The zero-order chi connectivity index (χ0) is 11.5. The van der Waals surface area contributed by atoms with Crippen LogP contribution in [0.1, 0.15) is 11.3 Å². The molecule has 1 aromatic heterocycles. The average Bonchev–Trinajstić information content (AvgIpc) is 2.69. The number of halogens is 2. The van der Waals surface area contributed by atoms with Crippen molar-refractivity contribution in [3.05, 3.63) is 58.1 Å². The fourth-order valence-electron chi connectivity index (χ4n) is 1.62. The van der Waals surface area contributed by atoms with Crippen molar-refractivity contribution in [2.75, 3.05) is 0 Å². The fourth-order valence-corrected chi connectivity index (χ4v) is 2.10. The highest BCUT2D eigenvalue weighted by atomic mass is 79.9. The lowest BCUT2D eigenvalue weighted by molar-refractivity contribution is 0.624. The van der Waals surface area contributed by atoms with E-state index in [1.165, 1.54) is 12.1 Å². The molecule has 4 heteroatoms. The maximum absolute atomic E-state index is 12.9. The van der Waals surface area contributed by atoms with Gasteiger partial charge in [0.2, 0.25) is 0 Å². The van der Waals surface area contributed by atoms with Crippen LogP contribution in [0.4, 0.5) is 4.39 Å². The first kappa shape index (κ1) is 11.4. The quantitative estimate of drug-likeness (QED) is 0.922. The lowest BCUT2D eigenvalue weighted by Gasteiger charge is -2.09. The topological polar surface area (TPSA) is 30.9 Å². The molecule has 1 heterocycles. The van der Waals surface area contributed by atoms with Gasteiger partial charge in [0, 0.05) is 29.5 Å². The molecular weight excluding hydrogens is 271 g/mol. The molecule has 0 aliphatic rings. The zero-order valence-corrected chi connectivity index (χ0v) is 10.2. The molecule has 0 spiro atoms. The van der Waals surface area contributed by atoms with Gasteiger partial charge in [0.1, 0.15) is 5.82 Å². The molecule has 2 N–H and O–H groups in total. The fraction of sp³-hybridized carbons (Fsp3) is 0.167. The van der Waals surface area contributed by atoms with Crippen LogP contribution in [0, 0.1) is 5.82 Å². The Bertz CT molecular complexity index is 494. The number of hydrogen-bond acceptors (Lipinski definition) is 1. The molecule has 84 valence electrons. The maximum atomic E-state index is 12.9. The second-order valence-electron chi connectivity index (χ2n) is 3.57. The summed E-state index contributed by atoms with van der Waals surface area (Å²) >= 11 is 3.35. The molecule has 0 amide bonds. The van der Waals surface area contributed by atoms with E-state index in [1.54, 1.807) is 6.07 Å². The molecule has 0 radical (unpaired) electrons. The summed E-state index contributed by atoms with van der Waals surface area (Å²) in [6.45, 7) is 1.20. The highest BCUT2D eigenvalue weighted by Crippen LogP contribution is 2.19. The zero-order valence-electron chi connectivity index (χ0n) is 8.66. The van der Waals surface area contributed by atoms with Gasteiger partial charge in [0.25, 0.3) is 0 Å². The van der Waals surface area contributed by atoms with Crippen LogP contribution in [-0.4, -0.2) is 4.57 Å². The van der Waals surface area contributed by atoms with E-state index in [0.29, 0.717) is 13.1 Å². The number of benzene rings is 1. The number of hydrogen-bond donors (Lipinski definition) is 1. The third kappa shape index (κ3) is 2.33. The largest absolute Gasteiger partial charge is 0.346 e. The monoisotopic (exact) mass is 282 g/mol. The van der Waals surface area contributed by atoms with Gasteiger partial charge in [-0.1, -0.05) is 22.0 Å². The van der Waals surface area contributed by atoms with E-state index < -0.39 is 0 Å². The molecule has 0 fully saturated rings. The predicted molar refractivity (Wildman–Crippen MR) is 65.5 cm³/mol. The van der Waals surface area contributed by atoms with Gasteiger partial charge >= 0.3 is 0 Å². The van der Waals surface area contributed by atoms with Crippen LogP contribution < -0.4 is 5.73 Å². The van der Waals surface area contributed by atoms with E-state index in [4.69, 9.17) is 5.73 Å². The number of rotatable bonds is 3. The van der Waals surface area contributed by atoms with Gasteiger partial charge in [-0.2, -0.15) is 0 Å². The summed E-state index contributed by atoms with van der Waals surface area (Å²) in [5, 5.41) is 0. The summed E-state index contributed by atoms with van der Waals surface area (Å²) in [4.78, 5) is 0. The van der Waals surface area contributed by atoms with Crippen molar-refractivity contribution < 1.29 is 4.39 Å². The van der Waals surface area contributed by atoms with E-state index in [-0.39, 0.29) is 5.82 Å². The van der Waals surface area contributed by atoms with Gasteiger partial charge in [-0.15, -0.1) is 0 Å². The highest BCUT2D eigenvalue weighted by Gasteiger charge is 2.04. The molecule has 0 atom stereocenters. The molecule has 0 saturated heterocycles. The third-order valence-corrected chi connectivity index (χ3v) is 3.23. The first-order valence-corrected chi connectivity index (χ1v) is 5.78. The number of aromatic nitrogens is 1. The minimum atomic E-state index is -0.234. The molecule has 0 bridgehead atoms. The molecule has 0 saturated carbocycles. The first-order chi connectivity index (χ1) is 7.70. The van der Waals surface area contributed by atoms with Crippen molar-refractivity contribution in [3.8, 4) is 0 Å². The molecule has 2 nitrogen and oxygen atoms in total. The van der Waals surface area contributed by atoms with Gasteiger partial charge in [0.05, 0.1) is 0 Å². The summed E-state index contributed by atoms with van der Waals surface area (Å²) in [6, 6.07) is 8.66. The predicted octanol–water partition coefficient (Wildman–Crippen LogP) is 2.90. The molecule has 1 aromatic carbocycles. The van der Waals surface area contributed by atoms with Crippen molar-refractivity contribution in [1.29, 1.82) is 0 Å². The van der Waals surface area contributed by atoms with Crippen LogP contribution in [0.2, 0.25) is 0 Å². The van der Waals surface area contributed by atoms with E-state index in [1.807, 2.05) is 18.3 Å². The smallest absolute Gasteiger partial charge is 0.124 e. The molecule has 0 aliphatic heterocycles. The Morgan fingerprint density at radius 1 is 1.31 bits per heavy atom. The second kappa shape index (κ2) is 4.80. The van der Waals surface area contributed by atoms with Gasteiger partial charge < -0.3 is 10.3 Å². The van der Waals surface area contributed by atoms with E-state index in [2.05, 4.69) is 20.5 Å². The van der Waals surface area contributed by atoms with Crippen molar-refractivity contribution in [3.63, 3.8) is 0 Å². The van der Waals surface area contributed by atoms with Gasteiger partial charge in [-0.25, -0.2) is 4.39 Å². The summed E-state index contributed by atoms with van der Waals surface area (Å²) in [6.07, 6.45) is 1.97. The molecule has 2 rings (SSSR count).